The third-order valence-corrected chi connectivity index (χ3v) is 6.37. The lowest BCUT2D eigenvalue weighted by atomic mass is 10.0. The Morgan fingerprint density at radius 1 is 1.22 bits per heavy atom. The van der Waals surface area contributed by atoms with E-state index in [2.05, 4.69) is 10.3 Å². The molecule has 1 saturated carbocycles. The van der Waals surface area contributed by atoms with E-state index in [9.17, 15) is 4.79 Å². The second kappa shape index (κ2) is 10.9. The van der Waals surface area contributed by atoms with E-state index < -0.39 is 6.04 Å². The number of hydrogen-bond acceptors (Lipinski definition) is 5. The zero-order valence-corrected chi connectivity index (χ0v) is 15.2. The fourth-order valence-electron chi connectivity index (χ4n) is 2.73. The van der Waals surface area contributed by atoms with Gasteiger partial charge in [0.1, 0.15) is 5.03 Å². The summed E-state index contributed by atoms with van der Waals surface area (Å²) in [6.07, 6.45) is 11.6. The average molecular weight is 354 g/mol. The van der Waals surface area contributed by atoms with E-state index in [4.69, 9.17) is 5.73 Å². The van der Waals surface area contributed by atoms with Crippen molar-refractivity contribution in [2.24, 2.45) is 5.73 Å². The van der Waals surface area contributed by atoms with E-state index in [1.807, 2.05) is 18.2 Å². The van der Waals surface area contributed by atoms with E-state index in [1.54, 1.807) is 27.8 Å². The number of pyridine rings is 1. The Hall–Kier alpha value is -0.720. The summed E-state index contributed by atoms with van der Waals surface area (Å²) in [5, 5.41) is 4.11. The molecule has 4 nitrogen and oxygen atoms in total. The first kappa shape index (κ1) is 18.6. The molecular formula is C17H27N3OS2. The maximum absolute atomic E-state index is 12.3. The Labute approximate surface area is 147 Å². The summed E-state index contributed by atoms with van der Waals surface area (Å²) in [6, 6.07) is 5.66. The molecule has 1 atom stereocenters. The smallest absolute Gasteiger partial charge is 0.238 e. The van der Waals surface area contributed by atoms with E-state index in [0.717, 1.165) is 17.9 Å². The molecule has 0 saturated heterocycles. The van der Waals surface area contributed by atoms with Crippen molar-refractivity contribution in [3.05, 3.63) is 24.4 Å². The molecule has 1 aromatic rings. The fraction of sp³-hybridized carbons (Fsp3) is 0.647. The van der Waals surface area contributed by atoms with Crippen LogP contribution >= 0.6 is 21.6 Å². The number of aromatic nitrogens is 1. The van der Waals surface area contributed by atoms with Crippen LogP contribution in [-0.2, 0) is 4.79 Å². The first-order chi connectivity index (χ1) is 11.3. The van der Waals surface area contributed by atoms with Crippen molar-refractivity contribution in [2.75, 3.05) is 5.75 Å². The van der Waals surface area contributed by atoms with E-state index in [1.165, 1.54) is 38.5 Å². The molecule has 1 heterocycles. The van der Waals surface area contributed by atoms with Gasteiger partial charge >= 0.3 is 0 Å². The monoisotopic (exact) mass is 353 g/mol. The number of amides is 1. The van der Waals surface area contributed by atoms with Gasteiger partial charge in [0, 0.05) is 18.0 Å². The lowest BCUT2D eigenvalue weighted by Crippen LogP contribution is -2.46. The SMILES string of the molecule is NC(CSSc1ccccn1)C(=O)NC1CCCCCCCC1. The van der Waals surface area contributed by atoms with E-state index in [0.29, 0.717) is 11.8 Å². The molecule has 0 aliphatic heterocycles. The second-order valence-electron chi connectivity index (χ2n) is 6.05. The van der Waals surface area contributed by atoms with Crippen LogP contribution in [0.4, 0.5) is 0 Å². The molecular weight excluding hydrogens is 326 g/mol. The van der Waals surface area contributed by atoms with Gasteiger partial charge in [-0.15, -0.1) is 0 Å². The lowest BCUT2D eigenvalue weighted by Gasteiger charge is -2.20. The Morgan fingerprint density at radius 3 is 2.57 bits per heavy atom. The van der Waals surface area contributed by atoms with Gasteiger partial charge in [-0.1, -0.05) is 55.4 Å². The van der Waals surface area contributed by atoms with E-state index in [-0.39, 0.29) is 5.91 Å². The molecule has 3 N–H and O–H groups in total. The highest BCUT2D eigenvalue weighted by molar-refractivity contribution is 8.76. The van der Waals surface area contributed by atoms with Crippen LogP contribution in [0.5, 0.6) is 0 Å². The van der Waals surface area contributed by atoms with Crippen molar-refractivity contribution in [1.29, 1.82) is 0 Å². The summed E-state index contributed by atoms with van der Waals surface area (Å²) in [7, 11) is 3.15. The summed E-state index contributed by atoms with van der Waals surface area (Å²) >= 11 is 0. The van der Waals surface area contributed by atoms with Crippen LogP contribution in [0.15, 0.2) is 29.4 Å². The highest BCUT2D eigenvalue weighted by Gasteiger charge is 2.18. The number of hydrogen-bond donors (Lipinski definition) is 2. The van der Waals surface area contributed by atoms with Crippen LogP contribution in [0.25, 0.3) is 0 Å². The van der Waals surface area contributed by atoms with Crippen molar-refractivity contribution in [3.63, 3.8) is 0 Å². The molecule has 23 heavy (non-hydrogen) atoms. The molecule has 1 aliphatic rings. The second-order valence-corrected chi connectivity index (χ2v) is 8.41. The third kappa shape index (κ3) is 7.59. The first-order valence-electron chi connectivity index (χ1n) is 8.52. The number of rotatable bonds is 6. The number of nitrogens with zero attached hydrogens (tertiary/aromatic N) is 1. The van der Waals surface area contributed by atoms with Crippen LogP contribution in [0.2, 0.25) is 0 Å². The van der Waals surface area contributed by atoms with Crippen molar-refractivity contribution < 1.29 is 4.79 Å². The summed E-state index contributed by atoms with van der Waals surface area (Å²) in [6.45, 7) is 0. The van der Waals surface area contributed by atoms with Crippen LogP contribution in [-0.4, -0.2) is 28.7 Å². The molecule has 0 aromatic carbocycles. The van der Waals surface area contributed by atoms with Gasteiger partial charge in [-0.2, -0.15) is 0 Å². The lowest BCUT2D eigenvalue weighted by molar-refractivity contribution is -0.122. The summed E-state index contributed by atoms with van der Waals surface area (Å²) in [5.41, 5.74) is 6.03. The normalized spacial score (nSPS) is 18.5. The van der Waals surface area contributed by atoms with Gasteiger partial charge in [-0.25, -0.2) is 4.98 Å². The quantitative estimate of drug-likeness (QED) is 0.762. The Bertz CT molecular complexity index is 448. The average Bonchev–Trinajstić information content (AvgIpc) is 2.70. The predicted molar refractivity (Wildman–Crippen MR) is 99.4 cm³/mol. The van der Waals surface area contributed by atoms with Crippen LogP contribution in [0.1, 0.15) is 51.4 Å². The maximum atomic E-state index is 12.3. The Morgan fingerprint density at radius 2 is 1.91 bits per heavy atom. The number of carbonyl (C=O) groups excluding carboxylic acids is 1. The molecule has 1 unspecified atom stereocenters. The standard InChI is InChI=1S/C17H27N3OS2/c18-15(13-22-23-16-11-7-8-12-19-16)17(21)20-14-9-5-3-1-2-4-6-10-14/h7-8,11-12,14-15H,1-6,9-10,13,18H2,(H,20,21). The molecule has 0 bridgehead atoms. The molecule has 2 rings (SSSR count). The van der Waals surface area contributed by atoms with Crippen LogP contribution in [0.3, 0.4) is 0 Å². The minimum Gasteiger partial charge on any atom is -0.352 e. The Balaban J connectivity index is 1.68. The molecule has 128 valence electrons. The molecule has 1 fully saturated rings. The fourth-order valence-corrected chi connectivity index (χ4v) is 4.75. The molecule has 0 radical (unpaired) electrons. The molecule has 6 heteroatoms. The number of nitrogens with two attached hydrogens (primary N) is 1. The van der Waals surface area contributed by atoms with Crippen molar-refractivity contribution >= 4 is 27.5 Å². The zero-order chi connectivity index (χ0) is 16.3. The highest BCUT2D eigenvalue weighted by Crippen LogP contribution is 2.29. The van der Waals surface area contributed by atoms with Gasteiger partial charge in [0.15, 0.2) is 0 Å². The predicted octanol–water partition coefficient (Wildman–Crippen LogP) is 3.77. The van der Waals surface area contributed by atoms with Crippen molar-refractivity contribution in [2.45, 2.75) is 68.5 Å². The summed E-state index contributed by atoms with van der Waals surface area (Å²) < 4.78 is 0. The van der Waals surface area contributed by atoms with E-state index >= 15 is 0 Å². The van der Waals surface area contributed by atoms with Gasteiger partial charge in [-0.05, 0) is 35.8 Å². The minimum atomic E-state index is -0.455. The van der Waals surface area contributed by atoms with Crippen LogP contribution in [0, 0.1) is 0 Å². The van der Waals surface area contributed by atoms with Crippen LogP contribution < -0.4 is 11.1 Å². The minimum absolute atomic E-state index is 0.0108. The molecule has 1 amide bonds. The van der Waals surface area contributed by atoms with Crippen molar-refractivity contribution in [3.8, 4) is 0 Å². The molecule has 0 spiro atoms. The number of carbonyl (C=O) groups is 1. The first-order valence-corrected chi connectivity index (χ1v) is 10.8. The maximum Gasteiger partial charge on any atom is 0.238 e. The largest absolute Gasteiger partial charge is 0.352 e. The zero-order valence-electron chi connectivity index (χ0n) is 13.6. The topological polar surface area (TPSA) is 68.0 Å². The molecule has 1 aromatic heterocycles. The molecule has 1 aliphatic carbocycles. The third-order valence-electron chi connectivity index (χ3n) is 4.07. The summed E-state index contributed by atoms with van der Waals surface area (Å²) in [5.74, 6) is 0.586. The van der Waals surface area contributed by atoms with Gasteiger partial charge < -0.3 is 11.1 Å². The highest BCUT2D eigenvalue weighted by atomic mass is 33.1. The van der Waals surface area contributed by atoms with Crippen molar-refractivity contribution in [1.82, 2.24) is 10.3 Å². The van der Waals surface area contributed by atoms with Gasteiger partial charge in [0.2, 0.25) is 5.91 Å². The summed E-state index contributed by atoms with van der Waals surface area (Å²) in [4.78, 5) is 16.5. The van der Waals surface area contributed by atoms with Gasteiger partial charge in [0.05, 0.1) is 6.04 Å². The Kier molecular flexibility index (Phi) is 8.86. The van der Waals surface area contributed by atoms with Gasteiger partial charge in [-0.3, -0.25) is 4.79 Å². The number of nitrogens with one attached hydrogen (secondary N) is 1. The van der Waals surface area contributed by atoms with Gasteiger partial charge in [0.25, 0.3) is 0 Å².